The van der Waals surface area contributed by atoms with Crippen LogP contribution in [0.15, 0.2) is 24.3 Å². The summed E-state index contributed by atoms with van der Waals surface area (Å²) >= 11 is 0. The molecule has 17 heavy (non-hydrogen) atoms. The standard InChI is InChI=1S/C14H12N2O/c15-10-14(8-9-14)12-6-4-11(5-7-12)2-1-3-13(16)17/h4-7H,3,8-9H2,(H2,16,17). The van der Waals surface area contributed by atoms with Gasteiger partial charge in [-0.1, -0.05) is 24.0 Å². The molecule has 1 amide bonds. The van der Waals surface area contributed by atoms with Crippen LogP contribution < -0.4 is 5.73 Å². The Bertz CT molecular complexity index is 536. The van der Waals surface area contributed by atoms with E-state index >= 15 is 0 Å². The lowest BCUT2D eigenvalue weighted by molar-refractivity contribution is -0.117. The zero-order chi connectivity index (χ0) is 12.3. The second-order valence-electron chi connectivity index (χ2n) is 4.22. The van der Waals surface area contributed by atoms with Crippen molar-refractivity contribution < 1.29 is 4.79 Å². The van der Waals surface area contributed by atoms with Gasteiger partial charge in [0.1, 0.15) is 0 Å². The molecule has 2 N–H and O–H groups in total. The maximum Gasteiger partial charge on any atom is 0.229 e. The summed E-state index contributed by atoms with van der Waals surface area (Å²) in [5, 5.41) is 9.05. The van der Waals surface area contributed by atoms with Crippen LogP contribution in [0.4, 0.5) is 0 Å². The Hall–Kier alpha value is -2.26. The monoisotopic (exact) mass is 224 g/mol. The summed E-state index contributed by atoms with van der Waals surface area (Å²) in [5.41, 5.74) is 6.63. The fraction of sp³-hybridized carbons (Fsp3) is 0.286. The van der Waals surface area contributed by atoms with Gasteiger partial charge in [-0.3, -0.25) is 4.79 Å². The van der Waals surface area contributed by atoms with E-state index in [-0.39, 0.29) is 11.8 Å². The third-order valence-corrected chi connectivity index (χ3v) is 2.90. The van der Waals surface area contributed by atoms with Gasteiger partial charge in [-0.15, -0.1) is 0 Å². The van der Waals surface area contributed by atoms with Crippen LogP contribution in [-0.4, -0.2) is 5.91 Å². The lowest BCUT2D eigenvalue weighted by atomic mass is 9.97. The Morgan fingerprint density at radius 3 is 2.47 bits per heavy atom. The number of nitrogens with two attached hydrogens (primary N) is 1. The molecule has 0 unspecified atom stereocenters. The number of benzene rings is 1. The molecule has 1 aliphatic carbocycles. The van der Waals surface area contributed by atoms with Crippen LogP contribution in [0, 0.1) is 23.2 Å². The zero-order valence-corrected chi connectivity index (χ0v) is 9.36. The van der Waals surface area contributed by atoms with Crippen LogP contribution in [0.5, 0.6) is 0 Å². The van der Waals surface area contributed by atoms with Gasteiger partial charge >= 0.3 is 0 Å². The minimum atomic E-state index is -0.421. The minimum Gasteiger partial charge on any atom is -0.369 e. The number of nitrogens with zero attached hydrogens (tertiary/aromatic N) is 1. The van der Waals surface area contributed by atoms with Crippen molar-refractivity contribution in [2.75, 3.05) is 0 Å². The van der Waals surface area contributed by atoms with Gasteiger partial charge in [0, 0.05) is 5.56 Å². The quantitative estimate of drug-likeness (QED) is 0.773. The van der Waals surface area contributed by atoms with Gasteiger partial charge in [-0.05, 0) is 30.5 Å². The Balaban J connectivity index is 2.11. The number of carbonyl (C=O) groups excluding carboxylic acids is 1. The van der Waals surface area contributed by atoms with E-state index in [1.165, 1.54) is 0 Å². The Labute approximate surface area is 100 Å². The molecule has 0 radical (unpaired) electrons. The first-order valence-electron chi connectivity index (χ1n) is 5.45. The van der Waals surface area contributed by atoms with Crippen molar-refractivity contribution in [3.63, 3.8) is 0 Å². The van der Waals surface area contributed by atoms with Crippen LogP contribution in [0.3, 0.4) is 0 Å². The molecular formula is C14H12N2O. The molecule has 0 atom stereocenters. The highest BCUT2D eigenvalue weighted by atomic mass is 16.1. The van der Waals surface area contributed by atoms with Crippen LogP contribution >= 0.6 is 0 Å². The number of nitriles is 1. The van der Waals surface area contributed by atoms with E-state index < -0.39 is 5.91 Å². The molecule has 84 valence electrons. The van der Waals surface area contributed by atoms with Crippen LogP contribution in [0.1, 0.15) is 30.4 Å². The molecule has 3 nitrogen and oxygen atoms in total. The van der Waals surface area contributed by atoms with Crippen LogP contribution in [0.25, 0.3) is 0 Å². The fourth-order valence-corrected chi connectivity index (χ4v) is 1.70. The Morgan fingerprint density at radius 2 is 2.00 bits per heavy atom. The molecule has 0 saturated heterocycles. The average Bonchev–Trinajstić information content (AvgIpc) is 3.10. The molecule has 0 aromatic heterocycles. The molecule has 3 heteroatoms. The topological polar surface area (TPSA) is 66.9 Å². The number of hydrogen-bond donors (Lipinski definition) is 1. The molecule has 1 aliphatic rings. The first kappa shape index (κ1) is 11.2. The molecule has 1 aromatic rings. The molecule has 0 bridgehead atoms. The van der Waals surface area contributed by atoms with E-state index in [2.05, 4.69) is 17.9 Å². The summed E-state index contributed by atoms with van der Waals surface area (Å²) < 4.78 is 0. The van der Waals surface area contributed by atoms with Crippen molar-refractivity contribution in [1.29, 1.82) is 5.26 Å². The first-order valence-corrected chi connectivity index (χ1v) is 5.45. The SMILES string of the molecule is N#CC1(c2ccc(C#CCC(N)=O)cc2)CC1. The first-order chi connectivity index (χ1) is 8.16. The highest BCUT2D eigenvalue weighted by Gasteiger charge is 2.44. The van der Waals surface area contributed by atoms with Crippen molar-refractivity contribution in [1.82, 2.24) is 0 Å². The van der Waals surface area contributed by atoms with Crippen molar-refractivity contribution in [3.05, 3.63) is 35.4 Å². The van der Waals surface area contributed by atoms with E-state index in [0.29, 0.717) is 0 Å². The van der Waals surface area contributed by atoms with Gasteiger partial charge in [0.25, 0.3) is 0 Å². The molecule has 1 aromatic carbocycles. The van der Waals surface area contributed by atoms with E-state index in [1.807, 2.05) is 24.3 Å². The van der Waals surface area contributed by atoms with Crippen LogP contribution in [-0.2, 0) is 10.2 Å². The Morgan fingerprint density at radius 1 is 1.35 bits per heavy atom. The molecular weight excluding hydrogens is 212 g/mol. The third-order valence-electron chi connectivity index (χ3n) is 2.90. The third kappa shape index (κ3) is 2.46. The van der Waals surface area contributed by atoms with Crippen molar-refractivity contribution in [3.8, 4) is 17.9 Å². The highest BCUT2D eigenvalue weighted by molar-refractivity contribution is 5.76. The normalized spacial score (nSPS) is 15.2. The van der Waals surface area contributed by atoms with Crippen LogP contribution in [0.2, 0.25) is 0 Å². The largest absolute Gasteiger partial charge is 0.369 e. The molecule has 2 rings (SSSR count). The number of primary amides is 1. The summed E-state index contributed by atoms with van der Waals surface area (Å²) in [6.07, 6.45) is 1.95. The van der Waals surface area contributed by atoms with Gasteiger partial charge in [-0.2, -0.15) is 5.26 Å². The van der Waals surface area contributed by atoms with E-state index in [9.17, 15) is 4.79 Å². The van der Waals surface area contributed by atoms with Gasteiger partial charge in [0.05, 0.1) is 17.9 Å². The predicted octanol–water partition coefficient (Wildman–Crippen LogP) is 1.47. The van der Waals surface area contributed by atoms with E-state index in [4.69, 9.17) is 11.0 Å². The highest BCUT2D eigenvalue weighted by Crippen LogP contribution is 2.47. The maximum absolute atomic E-state index is 10.5. The predicted molar refractivity (Wildman–Crippen MR) is 63.7 cm³/mol. The lowest BCUT2D eigenvalue weighted by Crippen LogP contribution is -2.08. The van der Waals surface area contributed by atoms with Gasteiger partial charge in [0.2, 0.25) is 5.91 Å². The minimum absolute atomic E-state index is 0.0733. The molecule has 0 aliphatic heterocycles. The van der Waals surface area contributed by atoms with Gasteiger partial charge in [0.15, 0.2) is 0 Å². The fourth-order valence-electron chi connectivity index (χ4n) is 1.70. The Kier molecular flexibility index (Phi) is 2.85. The summed E-state index contributed by atoms with van der Waals surface area (Å²) in [6, 6.07) is 9.97. The second-order valence-corrected chi connectivity index (χ2v) is 4.22. The zero-order valence-electron chi connectivity index (χ0n) is 9.36. The van der Waals surface area contributed by atoms with Gasteiger partial charge < -0.3 is 5.73 Å². The van der Waals surface area contributed by atoms with Crippen molar-refractivity contribution in [2.24, 2.45) is 5.73 Å². The maximum atomic E-state index is 10.5. The number of amides is 1. The van der Waals surface area contributed by atoms with Gasteiger partial charge in [-0.25, -0.2) is 0 Å². The molecule has 1 saturated carbocycles. The summed E-state index contributed by atoms with van der Waals surface area (Å²) in [5.74, 6) is 5.14. The molecule has 1 fully saturated rings. The van der Waals surface area contributed by atoms with E-state index in [0.717, 1.165) is 24.0 Å². The van der Waals surface area contributed by atoms with E-state index in [1.54, 1.807) is 0 Å². The molecule has 0 spiro atoms. The second kappa shape index (κ2) is 4.31. The summed E-state index contributed by atoms with van der Waals surface area (Å²) in [6.45, 7) is 0. The summed E-state index contributed by atoms with van der Waals surface area (Å²) in [7, 11) is 0. The summed E-state index contributed by atoms with van der Waals surface area (Å²) in [4.78, 5) is 10.5. The number of hydrogen-bond acceptors (Lipinski definition) is 2. The lowest BCUT2D eigenvalue weighted by Gasteiger charge is -2.04. The number of carbonyl (C=O) groups is 1. The molecule has 0 heterocycles. The van der Waals surface area contributed by atoms with Crippen molar-refractivity contribution in [2.45, 2.75) is 24.7 Å². The number of rotatable bonds is 2. The average molecular weight is 224 g/mol. The smallest absolute Gasteiger partial charge is 0.229 e. The van der Waals surface area contributed by atoms with Crippen molar-refractivity contribution >= 4 is 5.91 Å².